The van der Waals surface area contributed by atoms with Gasteiger partial charge in [0.15, 0.2) is 6.17 Å². The van der Waals surface area contributed by atoms with Gasteiger partial charge in [0.05, 0.1) is 12.0 Å². The first-order valence-electron chi connectivity index (χ1n) is 8.65. The van der Waals surface area contributed by atoms with E-state index in [9.17, 15) is 17.6 Å². The van der Waals surface area contributed by atoms with Crippen LogP contribution in [0, 0.1) is 17.8 Å². The van der Waals surface area contributed by atoms with Crippen LogP contribution in [0.5, 0.6) is 0 Å². The van der Waals surface area contributed by atoms with Crippen molar-refractivity contribution in [2.75, 3.05) is 0 Å². The quantitative estimate of drug-likeness (QED) is 0.585. The van der Waals surface area contributed by atoms with E-state index in [1.807, 2.05) is 20.8 Å². The summed E-state index contributed by atoms with van der Waals surface area (Å²) in [5, 5.41) is 0. The summed E-state index contributed by atoms with van der Waals surface area (Å²) in [6, 6.07) is 0. The molecule has 4 atom stereocenters. The Morgan fingerprint density at radius 1 is 0.818 bits per heavy atom. The SMILES string of the molecule is CC.CC1CCC(C(F)(F)OC2CCC(C)C(F)C2F)CC1. The van der Waals surface area contributed by atoms with E-state index in [2.05, 4.69) is 0 Å². The Morgan fingerprint density at radius 3 is 1.91 bits per heavy atom. The number of hydrogen-bond acceptors (Lipinski definition) is 1. The molecule has 0 N–H and O–H groups in total. The molecule has 0 aromatic rings. The Kier molecular flexibility index (Phi) is 7.63. The van der Waals surface area contributed by atoms with Crippen LogP contribution in [0.1, 0.15) is 66.2 Å². The van der Waals surface area contributed by atoms with Gasteiger partial charge in [-0.1, -0.05) is 40.5 Å². The van der Waals surface area contributed by atoms with Crippen molar-refractivity contribution in [1.82, 2.24) is 0 Å². The van der Waals surface area contributed by atoms with Gasteiger partial charge in [-0.05, 0) is 37.5 Å². The van der Waals surface area contributed by atoms with Crippen molar-refractivity contribution >= 4 is 0 Å². The van der Waals surface area contributed by atoms with Crippen molar-refractivity contribution in [2.45, 2.75) is 90.8 Å². The maximum Gasteiger partial charge on any atom is 0.358 e. The van der Waals surface area contributed by atoms with Crippen LogP contribution < -0.4 is 0 Å². The summed E-state index contributed by atoms with van der Waals surface area (Å²) < 4.78 is 60.4. The van der Waals surface area contributed by atoms with Crippen LogP contribution in [0.25, 0.3) is 0 Å². The molecule has 0 aliphatic heterocycles. The van der Waals surface area contributed by atoms with Crippen molar-refractivity contribution in [1.29, 1.82) is 0 Å². The van der Waals surface area contributed by atoms with E-state index in [1.165, 1.54) is 0 Å². The smallest absolute Gasteiger partial charge is 0.314 e. The van der Waals surface area contributed by atoms with Gasteiger partial charge in [0.25, 0.3) is 0 Å². The monoisotopic (exact) mass is 326 g/mol. The first-order valence-corrected chi connectivity index (χ1v) is 8.65. The first kappa shape index (κ1) is 19.7. The van der Waals surface area contributed by atoms with Crippen LogP contribution in [-0.2, 0) is 4.74 Å². The molecule has 0 bridgehead atoms. The summed E-state index contributed by atoms with van der Waals surface area (Å²) in [6.45, 7) is 7.65. The Morgan fingerprint density at radius 2 is 1.36 bits per heavy atom. The Bertz CT molecular complexity index is 316. The number of halogens is 4. The predicted molar refractivity (Wildman–Crippen MR) is 80.5 cm³/mol. The standard InChI is InChI=1S/C15H24F4O.C2H6/c1-9-3-6-11(7-4-9)15(18,19)20-12-8-5-10(2)13(16)14(12)17;1-2/h9-14H,3-8H2,1-2H3;1-2H3. The third kappa shape index (κ3) is 4.84. The second kappa shape index (κ2) is 8.51. The van der Waals surface area contributed by atoms with E-state index in [1.54, 1.807) is 6.92 Å². The molecule has 0 saturated heterocycles. The largest absolute Gasteiger partial charge is 0.358 e. The minimum Gasteiger partial charge on any atom is -0.314 e. The molecule has 0 heterocycles. The summed E-state index contributed by atoms with van der Waals surface area (Å²) in [6.07, 6.45) is -5.44. The van der Waals surface area contributed by atoms with Crippen LogP contribution >= 0.6 is 0 Å². The van der Waals surface area contributed by atoms with Gasteiger partial charge in [-0.15, -0.1) is 0 Å². The Balaban J connectivity index is 0.00000116. The lowest BCUT2D eigenvalue weighted by molar-refractivity contribution is -0.312. The van der Waals surface area contributed by atoms with E-state index in [0.717, 1.165) is 12.8 Å². The summed E-state index contributed by atoms with van der Waals surface area (Å²) in [5.74, 6) is -0.820. The summed E-state index contributed by atoms with van der Waals surface area (Å²) in [7, 11) is 0. The number of rotatable bonds is 3. The number of alkyl halides is 4. The number of hydrogen-bond donors (Lipinski definition) is 0. The van der Waals surface area contributed by atoms with Crippen LogP contribution in [-0.4, -0.2) is 24.6 Å². The average Bonchev–Trinajstić information content (AvgIpc) is 2.50. The molecule has 2 rings (SSSR count). The minimum absolute atomic E-state index is 0.168. The highest BCUT2D eigenvalue weighted by Crippen LogP contribution is 2.42. The second-order valence-corrected chi connectivity index (χ2v) is 6.62. The van der Waals surface area contributed by atoms with Gasteiger partial charge in [-0.2, -0.15) is 8.78 Å². The maximum atomic E-state index is 14.1. The van der Waals surface area contributed by atoms with Crippen molar-refractivity contribution < 1.29 is 22.3 Å². The normalized spacial score (nSPS) is 39.8. The Labute approximate surface area is 131 Å². The van der Waals surface area contributed by atoms with Crippen molar-refractivity contribution in [2.24, 2.45) is 17.8 Å². The van der Waals surface area contributed by atoms with E-state index in [-0.39, 0.29) is 6.42 Å². The molecule has 5 heteroatoms. The van der Waals surface area contributed by atoms with Gasteiger partial charge in [0.2, 0.25) is 0 Å². The molecule has 22 heavy (non-hydrogen) atoms. The molecule has 4 unspecified atom stereocenters. The van der Waals surface area contributed by atoms with Crippen molar-refractivity contribution in [3.8, 4) is 0 Å². The van der Waals surface area contributed by atoms with Crippen LogP contribution in [0.3, 0.4) is 0 Å². The topological polar surface area (TPSA) is 9.23 Å². The van der Waals surface area contributed by atoms with Gasteiger partial charge in [0.1, 0.15) is 6.17 Å². The fraction of sp³-hybridized carbons (Fsp3) is 1.00. The van der Waals surface area contributed by atoms with E-state index >= 15 is 0 Å². The molecule has 1 nitrogen and oxygen atoms in total. The highest BCUT2D eigenvalue weighted by Gasteiger charge is 2.48. The third-order valence-electron chi connectivity index (χ3n) is 4.91. The van der Waals surface area contributed by atoms with E-state index in [4.69, 9.17) is 4.74 Å². The van der Waals surface area contributed by atoms with E-state index in [0.29, 0.717) is 25.2 Å². The van der Waals surface area contributed by atoms with Crippen LogP contribution in [0.2, 0.25) is 0 Å². The molecule has 0 spiro atoms. The zero-order chi connectivity index (χ0) is 16.9. The number of ether oxygens (including phenoxy) is 1. The van der Waals surface area contributed by atoms with Crippen molar-refractivity contribution in [3.63, 3.8) is 0 Å². The fourth-order valence-corrected chi connectivity index (χ4v) is 3.28. The predicted octanol–water partition coefficient (Wildman–Crippen LogP) is 5.92. The highest BCUT2D eigenvalue weighted by atomic mass is 19.3. The fourth-order valence-electron chi connectivity index (χ4n) is 3.28. The molecule has 0 aromatic heterocycles. The summed E-state index contributed by atoms with van der Waals surface area (Å²) in [4.78, 5) is 0. The second-order valence-electron chi connectivity index (χ2n) is 6.62. The lowest BCUT2D eigenvalue weighted by Crippen LogP contribution is -2.47. The zero-order valence-electron chi connectivity index (χ0n) is 14.1. The van der Waals surface area contributed by atoms with Crippen LogP contribution in [0.15, 0.2) is 0 Å². The third-order valence-corrected chi connectivity index (χ3v) is 4.91. The molecule has 2 saturated carbocycles. The molecule has 2 aliphatic rings. The molecular formula is C17H30F4O. The minimum atomic E-state index is -3.34. The Hall–Kier alpha value is -0.320. The van der Waals surface area contributed by atoms with Gasteiger partial charge < -0.3 is 4.74 Å². The molecule has 0 amide bonds. The molecule has 2 fully saturated rings. The molecule has 0 radical (unpaired) electrons. The molecule has 132 valence electrons. The van der Waals surface area contributed by atoms with Gasteiger partial charge in [-0.25, -0.2) is 8.78 Å². The maximum absolute atomic E-state index is 14.1. The molecule has 0 aromatic carbocycles. The highest BCUT2D eigenvalue weighted by molar-refractivity contribution is 4.88. The zero-order valence-corrected chi connectivity index (χ0v) is 14.1. The van der Waals surface area contributed by atoms with E-state index < -0.39 is 36.4 Å². The summed E-state index contributed by atoms with van der Waals surface area (Å²) >= 11 is 0. The lowest BCUT2D eigenvalue weighted by Gasteiger charge is -2.38. The molecule has 2 aliphatic carbocycles. The molecular weight excluding hydrogens is 296 g/mol. The van der Waals surface area contributed by atoms with Crippen molar-refractivity contribution in [3.05, 3.63) is 0 Å². The van der Waals surface area contributed by atoms with Crippen LogP contribution in [0.4, 0.5) is 17.6 Å². The average molecular weight is 326 g/mol. The van der Waals surface area contributed by atoms with Gasteiger partial charge in [0, 0.05) is 0 Å². The first-order chi connectivity index (χ1) is 10.3. The summed E-state index contributed by atoms with van der Waals surface area (Å²) in [5.41, 5.74) is 0. The van der Waals surface area contributed by atoms with Gasteiger partial charge >= 0.3 is 6.11 Å². The lowest BCUT2D eigenvalue weighted by atomic mass is 9.82. The van der Waals surface area contributed by atoms with Gasteiger partial charge in [-0.3, -0.25) is 0 Å².